The first-order valence-electron chi connectivity index (χ1n) is 3.63. The van der Waals surface area contributed by atoms with Gasteiger partial charge in [0.15, 0.2) is 0 Å². The van der Waals surface area contributed by atoms with Crippen LogP contribution >= 0.6 is 0 Å². The lowest BCUT2D eigenvalue weighted by atomic mass is 10.4. The van der Waals surface area contributed by atoms with E-state index in [2.05, 4.69) is 0 Å². The van der Waals surface area contributed by atoms with E-state index in [1.807, 2.05) is 0 Å². The van der Waals surface area contributed by atoms with Gasteiger partial charge in [-0.3, -0.25) is 0 Å². The van der Waals surface area contributed by atoms with Crippen molar-refractivity contribution in [2.24, 2.45) is 0 Å². The third-order valence-electron chi connectivity index (χ3n) is 1.16. The molecule has 0 bridgehead atoms. The zero-order valence-electron chi connectivity index (χ0n) is 7.16. The topological polar surface area (TPSA) is 80.3 Å². The van der Waals surface area contributed by atoms with Gasteiger partial charge in [0.05, 0.1) is 5.75 Å². The lowest BCUT2D eigenvalue weighted by molar-refractivity contribution is 0.528. The van der Waals surface area contributed by atoms with E-state index < -0.39 is 26.1 Å². The third kappa shape index (κ3) is 5.94. The Balaban J connectivity index is 4.36. The van der Waals surface area contributed by atoms with Gasteiger partial charge in [0.1, 0.15) is 0 Å². The number of sulfonamides is 2. The average molecular weight is 233 g/mol. The molecule has 0 saturated carbocycles. The van der Waals surface area contributed by atoms with Gasteiger partial charge in [0.2, 0.25) is 16.0 Å². The smallest absolute Gasteiger partial charge is 0.232 e. The maximum Gasteiger partial charge on any atom is 0.253 e. The Kier molecular flexibility index (Phi) is 4.79. The number of rotatable bonds is 6. The van der Waals surface area contributed by atoms with E-state index >= 15 is 0 Å². The minimum Gasteiger partial charge on any atom is -0.232 e. The zero-order chi connectivity index (χ0) is 10.5. The third-order valence-corrected chi connectivity index (χ3v) is 4.31. The number of hydrogen-bond acceptors (Lipinski definition) is 4. The van der Waals surface area contributed by atoms with Crippen molar-refractivity contribution in [2.45, 2.75) is 19.8 Å². The molecule has 5 nitrogen and oxygen atoms in total. The van der Waals surface area contributed by atoms with E-state index in [1.54, 1.807) is 6.92 Å². The van der Waals surface area contributed by atoms with Gasteiger partial charge in [0.25, 0.3) is 10.0 Å². The van der Waals surface area contributed by atoms with Crippen LogP contribution in [-0.2, 0) is 20.0 Å². The van der Waals surface area contributed by atoms with Crippen molar-refractivity contribution in [3.63, 3.8) is 0 Å². The molecule has 0 amide bonds. The minimum atomic E-state index is -4.31. The molecule has 0 spiro atoms. The van der Waals surface area contributed by atoms with Gasteiger partial charge < -0.3 is 0 Å². The van der Waals surface area contributed by atoms with Gasteiger partial charge in [-0.05, 0) is 6.42 Å². The molecule has 8 heteroatoms. The fourth-order valence-electron chi connectivity index (χ4n) is 0.592. The fraction of sp³-hybridized carbons (Fsp3) is 1.00. The molecule has 0 aromatic rings. The maximum atomic E-state index is 11.7. The summed E-state index contributed by atoms with van der Waals surface area (Å²) in [5, 5.41) is 0. The van der Waals surface area contributed by atoms with Crippen molar-refractivity contribution < 1.29 is 21.2 Å². The highest BCUT2D eigenvalue weighted by Crippen LogP contribution is 1.96. The number of nitrogens with one attached hydrogen (secondary N) is 1. The molecular weight excluding hydrogens is 221 g/mol. The predicted molar refractivity (Wildman–Crippen MR) is 46.7 cm³/mol. The lowest BCUT2D eigenvalue weighted by Crippen LogP contribution is -2.33. The Bertz CT molecular complexity index is 334. The molecule has 0 aromatic heterocycles. The summed E-state index contributed by atoms with van der Waals surface area (Å²) in [6.07, 6.45) is 0.966. The number of unbranched alkanes of at least 4 members (excludes halogenated alkanes) is 1. The second-order valence-electron chi connectivity index (χ2n) is 2.48. The highest BCUT2D eigenvalue weighted by molar-refractivity contribution is 8.04. The van der Waals surface area contributed by atoms with Crippen LogP contribution in [-0.4, -0.2) is 28.6 Å². The number of hydrogen-bond donors (Lipinski definition) is 1. The Hall–Kier alpha value is -0.210. The molecule has 0 radical (unpaired) electrons. The van der Waals surface area contributed by atoms with Crippen molar-refractivity contribution in [2.75, 3.05) is 11.8 Å². The van der Waals surface area contributed by atoms with E-state index in [1.165, 1.54) is 4.13 Å². The molecule has 0 aromatic carbocycles. The quantitative estimate of drug-likeness (QED) is 0.698. The van der Waals surface area contributed by atoms with E-state index in [4.69, 9.17) is 0 Å². The molecule has 0 rings (SSSR count). The summed E-state index contributed by atoms with van der Waals surface area (Å²) in [7, 11) is -8.20. The van der Waals surface area contributed by atoms with Crippen LogP contribution in [0.1, 0.15) is 19.8 Å². The Labute approximate surface area is 77.4 Å². The fourth-order valence-corrected chi connectivity index (χ4v) is 3.32. The van der Waals surface area contributed by atoms with Crippen molar-refractivity contribution in [3.8, 4) is 0 Å². The first kappa shape index (κ1) is 12.8. The van der Waals surface area contributed by atoms with Crippen molar-refractivity contribution in [1.82, 2.24) is 4.13 Å². The number of alkyl halides is 1. The van der Waals surface area contributed by atoms with Gasteiger partial charge in [-0.15, -0.1) is 4.13 Å². The number of halogens is 1. The summed E-state index contributed by atoms with van der Waals surface area (Å²) in [6.45, 7) is 1.76. The van der Waals surface area contributed by atoms with Gasteiger partial charge in [-0.1, -0.05) is 13.3 Å². The average Bonchev–Trinajstić information content (AvgIpc) is 1.99. The van der Waals surface area contributed by atoms with Gasteiger partial charge in [0, 0.05) is 0 Å². The Morgan fingerprint density at radius 2 is 1.69 bits per heavy atom. The molecule has 1 N–H and O–H groups in total. The summed E-state index contributed by atoms with van der Waals surface area (Å²) in [5.41, 5.74) is 0. The molecular formula is C5H12FNO4S2. The Morgan fingerprint density at radius 3 is 2.08 bits per heavy atom. The van der Waals surface area contributed by atoms with E-state index in [-0.39, 0.29) is 5.75 Å². The van der Waals surface area contributed by atoms with Gasteiger partial charge in [-0.2, -0.15) is 0 Å². The molecule has 0 atom stereocenters. The molecule has 0 aliphatic rings. The zero-order valence-corrected chi connectivity index (χ0v) is 8.79. The minimum absolute atomic E-state index is 0.303. The highest BCUT2D eigenvalue weighted by Gasteiger charge is 2.19. The van der Waals surface area contributed by atoms with E-state index in [0.717, 1.165) is 0 Å². The molecule has 0 heterocycles. The lowest BCUT2D eigenvalue weighted by Gasteiger charge is -2.03. The van der Waals surface area contributed by atoms with Crippen LogP contribution in [0.5, 0.6) is 0 Å². The largest absolute Gasteiger partial charge is 0.253 e. The predicted octanol–water partition coefficient (Wildman–Crippen LogP) is -0.0373. The van der Waals surface area contributed by atoms with Crippen LogP contribution in [0.2, 0.25) is 0 Å². The van der Waals surface area contributed by atoms with Crippen LogP contribution < -0.4 is 4.13 Å². The van der Waals surface area contributed by atoms with Crippen molar-refractivity contribution >= 4 is 20.0 Å². The summed E-state index contributed by atoms with van der Waals surface area (Å²) in [6, 6.07) is -1.72. The van der Waals surface area contributed by atoms with Crippen molar-refractivity contribution in [1.29, 1.82) is 0 Å². The van der Waals surface area contributed by atoms with Gasteiger partial charge in [-0.25, -0.2) is 21.2 Å². The molecule has 80 valence electrons. The molecule has 13 heavy (non-hydrogen) atoms. The first-order valence-corrected chi connectivity index (χ1v) is 6.93. The van der Waals surface area contributed by atoms with Crippen LogP contribution in [0.3, 0.4) is 0 Å². The van der Waals surface area contributed by atoms with Crippen LogP contribution in [0.25, 0.3) is 0 Å². The second-order valence-corrected chi connectivity index (χ2v) is 6.23. The van der Waals surface area contributed by atoms with Crippen LogP contribution in [0.15, 0.2) is 0 Å². The molecule has 0 aliphatic heterocycles. The molecule has 0 unspecified atom stereocenters. The van der Waals surface area contributed by atoms with Crippen LogP contribution in [0, 0.1) is 0 Å². The second kappa shape index (κ2) is 4.87. The summed E-state index contributed by atoms with van der Waals surface area (Å²) < 4.78 is 55.8. The monoisotopic (exact) mass is 233 g/mol. The molecule has 0 saturated heterocycles. The SMILES string of the molecule is CCCCS(=O)(=O)NS(=O)(=O)CF. The summed E-state index contributed by atoms with van der Waals surface area (Å²) >= 11 is 0. The summed E-state index contributed by atoms with van der Waals surface area (Å²) in [4.78, 5) is 0. The van der Waals surface area contributed by atoms with E-state index in [0.29, 0.717) is 12.8 Å². The van der Waals surface area contributed by atoms with Crippen molar-refractivity contribution in [3.05, 3.63) is 0 Å². The standard InChI is InChI=1S/C5H12FNO4S2/c1-2-3-4-12(8,9)7-13(10,11)5-6/h7H,2-5H2,1H3. The normalized spacial score (nSPS) is 13.1. The highest BCUT2D eigenvalue weighted by atomic mass is 32.3. The maximum absolute atomic E-state index is 11.7. The Morgan fingerprint density at radius 1 is 1.15 bits per heavy atom. The molecule has 0 aliphatic carbocycles. The van der Waals surface area contributed by atoms with Gasteiger partial charge >= 0.3 is 0 Å². The van der Waals surface area contributed by atoms with E-state index in [9.17, 15) is 21.2 Å². The van der Waals surface area contributed by atoms with Crippen LogP contribution in [0.4, 0.5) is 4.39 Å². The summed E-state index contributed by atoms with van der Waals surface area (Å²) in [5.74, 6) is -0.303. The first-order chi connectivity index (χ1) is 5.83. The molecule has 0 fully saturated rings.